The van der Waals surface area contributed by atoms with Gasteiger partial charge in [-0.3, -0.25) is 13.9 Å². The molecule has 1 saturated carbocycles. The zero-order valence-corrected chi connectivity index (χ0v) is 11.3. The molecule has 1 heterocycles. The van der Waals surface area contributed by atoms with Crippen LogP contribution in [0.2, 0.25) is 0 Å². The van der Waals surface area contributed by atoms with E-state index in [1.807, 2.05) is 0 Å². The minimum Gasteiger partial charge on any atom is -0.497 e. The Morgan fingerprint density at radius 3 is 2.85 bits per heavy atom. The minimum atomic E-state index is -0.108. The van der Waals surface area contributed by atoms with Gasteiger partial charge in [0.1, 0.15) is 5.75 Å². The number of ether oxygens (including phenoxy) is 1. The van der Waals surface area contributed by atoms with Crippen LogP contribution in [-0.4, -0.2) is 22.0 Å². The summed E-state index contributed by atoms with van der Waals surface area (Å²) in [6.07, 6.45) is 5.54. The number of nitrogens with zero attached hydrogens (tertiary/aromatic N) is 2. The van der Waals surface area contributed by atoms with Crippen LogP contribution in [0.25, 0.3) is 0 Å². The summed E-state index contributed by atoms with van der Waals surface area (Å²) in [6, 6.07) is 7.30. The molecule has 0 radical (unpaired) electrons. The van der Waals surface area contributed by atoms with Crippen LogP contribution in [0.4, 0.5) is 0 Å². The average molecular weight is 272 g/mol. The smallest absolute Gasteiger partial charge is 0.328 e. The Labute approximate surface area is 116 Å². The molecule has 0 unspecified atom stereocenters. The van der Waals surface area contributed by atoms with Crippen molar-refractivity contribution < 1.29 is 9.53 Å². The molecule has 0 atom stereocenters. The number of hydrogen-bond acceptors (Lipinski definition) is 3. The maximum Gasteiger partial charge on any atom is 0.328 e. The van der Waals surface area contributed by atoms with Gasteiger partial charge in [0.25, 0.3) is 0 Å². The molecule has 104 valence electrons. The second-order valence-corrected chi connectivity index (χ2v) is 5.00. The number of rotatable bonds is 5. The van der Waals surface area contributed by atoms with Crippen LogP contribution >= 0.6 is 0 Å². The standard InChI is InChI=1S/C15H16N2O3/c1-20-13-4-2-3-11(9-13)14(18)10-16-7-8-17(15(16)19)12-5-6-12/h2-4,7-9,12H,5-6,10H2,1H3. The van der Waals surface area contributed by atoms with Gasteiger partial charge in [-0.25, -0.2) is 4.79 Å². The number of Topliss-reactive ketones (excluding diaryl/α,β-unsaturated/α-hetero) is 1. The number of methoxy groups -OCH3 is 1. The third-order valence-corrected chi connectivity index (χ3v) is 3.52. The summed E-state index contributed by atoms with van der Waals surface area (Å²) in [5.74, 6) is 0.540. The number of aromatic nitrogens is 2. The molecule has 0 aliphatic heterocycles. The van der Waals surface area contributed by atoms with E-state index in [1.54, 1.807) is 48.3 Å². The molecule has 5 nitrogen and oxygen atoms in total. The summed E-state index contributed by atoms with van der Waals surface area (Å²) in [4.78, 5) is 24.3. The Bertz CT molecular complexity index is 695. The van der Waals surface area contributed by atoms with Crippen LogP contribution in [0.5, 0.6) is 5.75 Å². The summed E-state index contributed by atoms with van der Waals surface area (Å²) in [5, 5.41) is 0. The van der Waals surface area contributed by atoms with Crippen molar-refractivity contribution in [3.63, 3.8) is 0 Å². The maximum absolute atomic E-state index is 12.2. The molecular weight excluding hydrogens is 256 g/mol. The van der Waals surface area contributed by atoms with Crippen LogP contribution < -0.4 is 10.4 Å². The molecule has 20 heavy (non-hydrogen) atoms. The van der Waals surface area contributed by atoms with E-state index in [2.05, 4.69) is 0 Å². The first kappa shape index (κ1) is 12.7. The lowest BCUT2D eigenvalue weighted by Gasteiger charge is -2.04. The van der Waals surface area contributed by atoms with Gasteiger partial charge in [0.2, 0.25) is 0 Å². The SMILES string of the molecule is COc1cccc(C(=O)Cn2ccn(C3CC3)c2=O)c1. The van der Waals surface area contributed by atoms with Crippen molar-refractivity contribution in [2.24, 2.45) is 0 Å². The molecule has 1 aromatic carbocycles. The quantitative estimate of drug-likeness (QED) is 0.781. The van der Waals surface area contributed by atoms with Crippen molar-refractivity contribution >= 4 is 5.78 Å². The number of ketones is 1. The van der Waals surface area contributed by atoms with Crippen molar-refractivity contribution in [2.75, 3.05) is 7.11 Å². The predicted molar refractivity (Wildman–Crippen MR) is 74.3 cm³/mol. The van der Waals surface area contributed by atoms with Crippen LogP contribution in [0, 0.1) is 0 Å². The molecule has 1 fully saturated rings. The normalized spacial score (nSPS) is 14.2. The molecule has 0 N–H and O–H groups in total. The zero-order chi connectivity index (χ0) is 14.1. The number of imidazole rings is 1. The van der Waals surface area contributed by atoms with E-state index in [4.69, 9.17) is 4.74 Å². The van der Waals surface area contributed by atoms with Crippen molar-refractivity contribution in [3.8, 4) is 5.75 Å². The molecule has 1 aliphatic rings. The third kappa shape index (κ3) is 2.39. The summed E-state index contributed by atoms with van der Waals surface area (Å²) >= 11 is 0. The monoisotopic (exact) mass is 272 g/mol. The fraction of sp³-hybridized carbons (Fsp3) is 0.333. The average Bonchev–Trinajstić information content (AvgIpc) is 3.25. The fourth-order valence-corrected chi connectivity index (χ4v) is 2.22. The molecule has 0 amide bonds. The van der Waals surface area contributed by atoms with Crippen molar-refractivity contribution in [1.82, 2.24) is 9.13 Å². The first-order valence-corrected chi connectivity index (χ1v) is 6.63. The molecule has 3 rings (SSSR count). The van der Waals surface area contributed by atoms with E-state index in [0.717, 1.165) is 12.8 Å². The van der Waals surface area contributed by atoms with Gasteiger partial charge in [-0.05, 0) is 25.0 Å². The summed E-state index contributed by atoms with van der Waals surface area (Å²) in [5.41, 5.74) is 0.444. The Balaban J connectivity index is 1.80. The Morgan fingerprint density at radius 1 is 1.35 bits per heavy atom. The highest BCUT2D eigenvalue weighted by atomic mass is 16.5. The van der Waals surface area contributed by atoms with E-state index in [9.17, 15) is 9.59 Å². The molecule has 0 spiro atoms. The maximum atomic E-state index is 12.2. The van der Waals surface area contributed by atoms with Crippen LogP contribution in [0.1, 0.15) is 29.2 Å². The molecule has 1 aromatic heterocycles. The molecule has 1 aliphatic carbocycles. The molecule has 5 heteroatoms. The number of hydrogen-bond donors (Lipinski definition) is 0. The zero-order valence-electron chi connectivity index (χ0n) is 11.3. The lowest BCUT2D eigenvalue weighted by Crippen LogP contribution is -2.26. The van der Waals surface area contributed by atoms with Gasteiger partial charge in [-0.2, -0.15) is 0 Å². The number of carbonyl (C=O) groups is 1. The van der Waals surface area contributed by atoms with Crippen LogP contribution in [0.15, 0.2) is 41.5 Å². The van der Waals surface area contributed by atoms with E-state index in [0.29, 0.717) is 17.4 Å². The second-order valence-electron chi connectivity index (χ2n) is 5.00. The summed E-state index contributed by atoms with van der Waals surface area (Å²) in [6.45, 7) is 0.0612. The first-order valence-electron chi connectivity index (χ1n) is 6.63. The van der Waals surface area contributed by atoms with Gasteiger partial charge in [-0.1, -0.05) is 12.1 Å². The van der Waals surface area contributed by atoms with Gasteiger partial charge < -0.3 is 4.74 Å². The van der Waals surface area contributed by atoms with E-state index in [-0.39, 0.29) is 18.0 Å². The van der Waals surface area contributed by atoms with E-state index < -0.39 is 0 Å². The molecular formula is C15H16N2O3. The third-order valence-electron chi connectivity index (χ3n) is 3.52. The highest BCUT2D eigenvalue weighted by Crippen LogP contribution is 2.33. The Hall–Kier alpha value is -2.30. The van der Waals surface area contributed by atoms with Crippen LogP contribution in [-0.2, 0) is 6.54 Å². The van der Waals surface area contributed by atoms with Crippen molar-refractivity contribution in [1.29, 1.82) is 0 Å². The van der Waals surface area contributed by atoms with Crippen molar-refractivity contribution in [2.45, 2.75) is 25.4 Å². The van der Waals surface area contributed by atoms with E-state index >= 15 is 0 Å². The van der Waals surface area contributed by atoms with E-state index in [1.165, 1.54) is 4.57 Å². The minimum absolute atomic E-state index is 0.0612. The van der Waals surface area contributed by atoms with Crippen molar-refractivity contribution in [3.05, 3.63) is 52.7 Å². The van der Waals surface area contributed by atoms with Gasteiger partial charge >= 0.3 is 5.69 Å². The lowest BCUT2D eigenvalue weighted by atomic mass is 10.1. The van der Waals surface area contributed by atoms with Gasteiger partial charge in [0.05, 0.1) is 13.7 Å². The fourth-order valence-electron chi connectivity index (χ4n) is 2.22. The second kappa shape index (κ2) is 5.00. The van der Waals surface area contributed by atoms with Gasteiger partial charge in [-0.15, -0.1) is 0 Å². The number of carbonyl (C=O) groups excluding carboxylic acids is 1. The predicted octanol–water partition coefficient (Wildman–Crippen LogP) is 1.88. The van der Waals surface area contributed by atoms with Gasteiger partial charge in [0.15, 0.2) is 5.78 Å². The highest BCUT2D eigenvalue weighted by Gasteiger charge is 2.25. The Kier molecular flexibility index (Phi) is 3.18. The molecule has 2 aromatic rings. The van der Waals surface area contributed by atoms with Crippen LogP contribution in [0.3, 0.4) is 0 Å². The first-order chi connectivity index (χ1) is 9.69. The number of benzene rings is 1. The molecule has 0 saturated heterocycles. The highest BCUT2D eigenvalue weighted by molar-refractivity contribution is 5.96. The summed E-state index contributed by atoms with van der Waals surface area (Å²) in [7, 11) is 1.56. The Morgan fingerprint density at radius 2 is 2.15 bits per heavy atom. The molecule has 0 bridgehead atoms. The summed E-state index contributed by atoms with van der Waals surface area (Å²) < 4.78 is 8.26. The van der Waals surface area contributed by atoms with Gasteiger partial charge in [0, 0.05) is 24.0 Å². The largest absolute Gasteiger partial charge is 0.497 e. The lowest BCUT2D eigenvalue weighted by molar-refractivity contribution is 0.0970. The topological polar surface area (TPSA) is 53.2 Å².